The van der Waals surface area contributed by atoms with Gasteiger partial charge in [-0.3, -0.25) is 4.79 Å². The Morgan fingerprint density at radius 2 is 2.33 bits per heavy atom. The molecule has 0 aromatic carbocycles. The molecule has 1 heterocycles. The number of hydrogen-bond acceptors (Lipinski definition) is 4. The molecule has 0 fully saturated rings. The summed E-state index contributed by atoms with van der Waals surface area (Å²) >= 11 is 3.46. The van der Waals surface area contributed by atoms with Crippen molar-refractivity contribution in [3.05, 3.63) is 11.8 Å². The van der Waals surface area contributed by atoms with Crippen LogP contribution in [0.25, 0.3) is 0 Å². The van der Waals surface area contributed by atoms with E-state index in [0.717, 1.165) is 6.42 Å². The van der Waals surface area contributed by atoms with Crippen molar-refractivity contribution >= 4 is 21.8 Å². The summed E-state index contributed by atoms with van der Waals surface area (Å²) in [4.78, 5) is 12.0. The van der Waals surface area contributed by atoms with Gasteiger partial charge in [0.2, 0.25) is 5.88 Å². The summed E-state index contributed by atoms with van der Waals surface area (Å²) in [5.74, 6) is 0.351. The van der Waals surface area contributed by atoms with Gasteiger partial charge in [-0.2, -0.15) is 5.10 Å². The normalized spacial score (nSPS) is 12.2. The van der Waals surface area contributed by atoms with Crippen molar-refractivity contribution in [2.75, 3.05) is 27.4 Å². The van der Waals surface area contributed by atoms with Gasteiger partial charge in [-0.25, -0.2) is 4.68 Å². The van der Waals surface area contributed by atoms with Gasteiger partial charge in [0.15, 0.2) is 5.69 Å². The van der Waals surface area contributed by atoms with Crippen molar-refractivity contribution in [1.29, 1.82) is 0 Å². The first-order chi connectivity index (χ1) is 8.58. The first-order valence-corrected chi connectivity index (χ1v) is 6.49. The fraction of sp³-hybridized carbons (Fsp3) is 0.636. The monoisotopic (exact) mass is 319 g/mol. The van der Waals surface area contributed by atoms with Crippen molar-refractivity contribution in [2.45, 2.75) is 11.2 Å². The van der Waals surface area contributed by atoms with E-state index in [4.69, 9.17) is 9.47 Å². The predicted molar refractivity (Wildman–Crippen MR) is 71.3 cm³/mol. The fourth-order valence-corrected chi connectivity index (χ4v) is 1.94. The van der Waals surface area contributed by atoms with E-state index >= 15 is 0 Å². The SMILES string of the molecule is COCC(Br)CCNC(=O)c1cc(OC)n(C)n1. The summed E-state index contributed by atoms with van der Waals surface area (Å²) in [5, 5.41) is 6.86. The molecule has 18 heavy (non-hydrogen) atoms. The molecular weight excluding hydrogens is 302 g/mol. The van der Waals surface area contributed by atoms with Crippen molar-refractivity contribution in [2.24, 2.45) is 7.05 Å². The van der Waals surface area contributed by atoms with E-state index in [0.29, 0.717) is 24.7 Å². The minimum atomic E-state index is -0.203. The van der Waals surface area contributed by atoms with E-state index in [2.05, 4.69) is 26.3 Å². The number of alkyl halides is 1. The highest BCUT2D eigenvalue weighted by Gasteiger charge is 2.13. The van der Waals surface area contributed by atoms with Gasteiger partial charge in [-0.05, 0) is 6.42 Å². The minimum absolute atomic E-state index is 0.203. The number of rotatable bonds is 7. The first-order valence-electron chi connectivity index (χ1n) is 5.57. The summed E-state index contributed by atoms with van der Waals surface area (Å²) < 4.78 is 11.6. The van der Waals surface area contributed by atoms with Crippen molar-refractivity contribution in [3.63, 3.8) is 0 Å². The van der Waals surface area contributed by atoms with Crippen LogP contribution in [0.15, 0.2) is 6.07 Å². The minimum Gasteiger partial charge on any atom is -0.481 e. The molecule has 1 aromatic heterocycles. The molecule has 0 spiro atoms. The third kappa shape index (κ3) is 4.30. The molecule has 1 unspecified atom stereocenters. The molecule has 0 bridgehead atoms. The molecule has 6 nitrogen and oxygen atoms in total. The average Bonchev–Trinajstić information content (AvgIpc) is 2.71. The van der Waals surface area contributed by atoms with E-state index in [1.807, 2.05) is 0 Å². The maximum atomic E-state index is 11.8. The lowest BCUT2D eigenvalue weighted by molar-refractivity contribution is 0.0946. The van der Waals surface area contributed by atoms with E-state index in [1.54, 1.807) is 27.3 Å². The zero-order valence-corrected chi connectivity index (χ0v) is 12.4. The molecule has 1 N–H and O–H groups in total. The number of aromatic nitrogens is 2. The Hall–Kier alpha value is -1.08. The van der Waals surface area contributed by atoms with Crippen LogP contribution in [0, 0.1) is 0 Å². The number of ether oxygens (including phenoxy) is 2. The molecule has 102 valence electrons. The van der Waals surface area contributed by atoms with Crippen LogP contribution in [0.5, 0.6) is 5.88 Å². The number of aryl methyl sites for hydroxylation is 1. The second-order valence-electron chi connectivity index (χ2n) is 3.79. The highest BCUT2D eigenvalue weighted by Crippen LogP contribution is 2.11. The quantitative estimate of drug-likeness (QED) is 0.760. The van der Waals surface area contributed by atoms with Crippen LogP contribution in [-0.2, 0) is 11.8 Å². The van der Waals surface area contributed by atoms with Gasteiger partial charge < -0.3 is 14.8 Å². The number of halogens is 1. The summed E-state index contributed by atoms with van der Waals surface area (Å²) in [5.41, 5.74) is 0.354. The Bertz CT molecular complexity index is 395. The summed E-state index contributed by atoms with van der Waals surface area (Å²) in [6, 6.07) is 1.61. The maximum absolute atomic E-state index is 11.8. The largest absolute Gasteiger partial charge is 0.481 e. The van der Waals surface area contributed by atoms with Gasteiger partial charge in [0.25, 0.3) is 5.91 Å². The van der Waals surface area contributed by atoms with Crippen LogP contribution in [0.2, 0.25) is 0 Å². The zero-order chi connectivity index (χ0) is 13.5. The summed E-state index contributed by atoms with van der Waals surface area (Å²) in [6.45, 7) is 1.18. The molecule has 1 aromatic rings. The molecule has 0 saturated heterocycles. The second-order valence-corrected chi connectivity index (χ2v) is 5.09. The Kier molecular flexibility index (Phi) is 6.14. The fourth-order valence-electron chi connectivity index (χ4n) is 1.45. The maximum Gasteiger partial charge on any atom is 0.271 e. The molecule has 0 radical (unpaired) electrons. The molecule has 7 heteroatoms. The van der Waals surface area contributed by atoms with Crippen LogP contribution < -0.4 is 10.1 Å². The van der Waals surface area contributed by atoms with Gasteiger partial charge in [0, 0.05) is 31.6 Å². The highest BCUT2D eigenvalue weighted by molar-refractivity contribution is 9.09. The number of amides is 1. The lowest BCUT2D eigenvalue weighted by Gasteiger charge is -2.08. The Balaban J connectivity index is 2.40. The van der Waals surface area contributed by atoms with E-state index in [-0.39, 0.29) is 10.7 Å². The molecular formula is C11H18BrN3O3. The second kappa shape index (κ2) is 7.38. The molecule has 0 aliphatic heterocycles. The summed E-state index contributed by atoms with van der Waals surface area (Å²) in [6.07, 6.45) is 0.795. The van der Waals surface area contributed by atoms with Gasteiger partial charge in [0.1, 0.15) is 0 Å². The van der Waals surface area contributed by atoms with Crippen LogP contribution in [0.1, 0.15) is 16.9 Å². The zero-order valence-electron chi connectivity index (χ0n) is 10.8. The molecule has 0 aliphatic rings. The Morgan fingerprint density at radius 1 is 1.61 bits per heavy atom. The Labute approximate surface area is 115 Å². The van der Waals surface area contributed by atoms with Crippen LogP contribution in [-0.4, -0.2) is 47.9 Å². The van der Waals surface area contributed by atoms with E-state index < -0.39 is 0 Å². The van der Waals surface area contributed by atoms with E-state index in [1.165, 1.54) is 4.68 Å². The van der Waals surface area contributed by atoms with Gasteiger partial charge in [0.05, 0.1) is 13.7 Å². The average molecular weight is 320 g/mol. The third-order valence-electron chi connectivity index (χ3n) is 2.37. The topological polar surface area (TPSA) is 65.4 Å². The molecule has 1 atom stereocenters. The number of hydrogen-bond donors (Lipinski definition) is 1. The van der Waals surface area contributed by atoms with E-state index in [9.17, 15) is 4.79 Å². The van der Waals surface area contributed by atoms with Gasteiger partial charge in [-0.1, -0.05) is 15.9 Å². The Morgan fingerprint density at radius 3 is 2.89 bits per heavy atom. The number of nitrogens with one attached hydrogen (secondary N) is 1. The number of carbonyl (C=O) groups is 1. The van der Waals surface area contributed by atoms with Crippen molar-refractivity contribution < 1.29 is 14.3 Å². The van der Waals surface area contributed by atoms with Gasteiger partial charge in [-0.15, -0.1) is 0 Å². The highest BCUT2D eigenvalue weighted by atomic mass is 79.9. The van der Waals surface area contributed by atoms with Crippen LogP contribution >= 0.6 is 15.9 Å². The summed E-state index contributed by atoms with van der Waals surface area (Å²) in [7, 11) is 4.91. The third-order valence-corrected chi connectivity index (χ3v) is 3.09. The first kappa shape index (κ1) is 15.0. The number of nitrogens with zero attached hydrogens (tertiary/aromatic N) is 2. The smallest absolute Gasteiger partial charge is 0.271 e. The number of carbonyl (C=O) groups excluding carboxylic acids is 1. The van der Waals surface area contributed by atoms with Crippen LogP contribution in [0.3, 0.4) is 0 Å². The predicted octanol–water partition coefficient (Wildman–Crippen LogP) is 0.958. The number of methoxy groups -OCH3 is 2. The van der Waals surface area contributed by atoms with Crippen molar-refractivity contribution in [1.82, 2.24) is 15.1 Å². The standard InChI is InChI=1S/C11H18BrN3O3/c1-15-10(18-3)6-9(14-15)11(16)13-5-4-8(12)7-17-2/h6,8H,4-5,7H2,1-3H3,(H,13,16). The van der Waals surface area contributed by atoms with Gasteiger partial charge >= 0.3 is 0 Å². The van der Waals surface area contributed by atoms with Crippen LogP contribution in [0.4, 0.5) is 0 Å². The molecule has 1 amide bonds. The van der Waals surface area contributed by atoms with Crippen molar-refractivity contribution in [3.8, 4) is 5.88 Å². The lowest BCUT2D eigenvalue weighted by Crippen LogP contribution is -2.27. The molecule has 0 saturated carbocycles. The molecule has 1 rings (SSSR count). The lowest BCUT2D eigenvalue weighted by atomic mass is 10.3. The molecule has 0 aliphatic carbocycles.